The summed E-state index contributed by atoms with van der Waals surface area (Å²) in [6, 6.07) is 61.6. The van der Waals surface area contributed by atoms with Crippen LogP contribution in [0, 0.1) is 45.3 Å². The first-order chi connectivity index (χ1) is 52.8. The van der Waals surface area contributed by atoms with Gasteiger partial charge in [0, 0.05) is 84.9 Å². The van der Waals surface area contributed by atoms with Gasteiger partial charge in [-0.25, -0.2) is 0 Å². The maximum absolute atomic E-state index is 14.7. The molecule has 16 rings (SSSR count). The molecule has 12 aromatic rings. The fraction of sp³-hybridized carbons (Fsp3) is 0.277. The fourth-order valence-corrected chi connectivity index (χ4v) is 26.5. The van der Waals surface area contributed by atoms with Crippen molar-refractivity contribution in [3.8, 4) is 43.8 Å². The number of benzene rings is 6. The quantitative estimate of drug-likeness (QED) is 0.0302. The number of rotatable bonds is 26. The standard InChI is InChI=1S/C94H78Cl2N4O2S6/c1-5-9-13-17-21-55-25-33-61(34-26-55)93(62-35-27-56(28-36-62)22-18-14-10-6-2)79-85-75(49-67(103-85)47-73-77(59(51-97)52-98)71-45-65(95)41-43-69(71)83(73)101)105-87(79)89-81(93)91-92(107-89)82-90(108-91)88-80(86-76(106-88)50-68(104-86)48-74-78(60(53-99)54-100)72-46-66(96)42-44-70(72)84(74)102)94(82,63-37-29-57(30-38-63)23-19-15-11-7-3)64-39-31-58(32-40-64)24-20-16-12-8-4/h25-50H,5-24H2,1-4H3/b73-47-,74-48-. The third kappa shape index (κ3) is 12.4. The van der Waals surface area contributed by atoms with Gasteiger partial charge < -0.3 is 0 Å². The normalized spacial score (nSPS) is 14.9. The lowest BCUT2D eigenvalue weighted by atomic mass is 9.67. The van der Waals surface area contributed by atoms with E-state index in [2.05, 4.69) is 161 Å². The molecule has 0 fully saturated rings. The Hall–Kier alpha value is -8.86. The number of ketones is 2. The number of Topliss-reactive ketones (excluding diaryl/α,β-unsaturated/α-hetero) is 2. The first kappa shape index (κ1) is 73.3. The van der Waals surface area contributed by atoms with Crippen LogP contribution < -0.4 is 0 Å². The highest BCUT2D eigenvalue weighted by atomic mass is 35.5. The Morgan fingerprint density at radius 1 is 0.352 bits per heavy atom. The van der Waals surface area contributed by atoms with Gasteiger partial charge in [0.2, 0.25) is 0 Å². The van der Waals surface area contributed by atoms with Gasteiger partial charge >= 0.3 is 0 Å². The van der Waals surface area contributed by atoms with E-state index < -0.39 is 10.8 Å². The summed E-state index contributed by atoms with van der Waals surface area (Å²) in [5, 5.41) is 42.7. The third-order valence-electron chi connectivity index (χ3n) is 22.6. The van der Waals surface area contributed by atoms with Crippen molar-refractivity contribution < 1.29 is 9.59 Å². The van der Waals surface area contributed by atoms with Crippen molar-refractivity contribution in [3.05, 3.63) is 277 Å². The number of unbranched alkanes of at least 4 members (excludes halogenated alkanes) is 12. The molecular formula is C94H78Cl2N4O2S6. The Bertz CT molecular complexity index is 5420. The third-order valence-corrected chi connectivity index (χ3v) is 30.6. The van der Waals surface area contributed by atoms with Gasteiger partial charge in [0.25, 0.3) is 0 Å². The van der Waals surface area contributed by atoms with Crippen LogP contribution in [0.3, 0.4) is 0 Å². The molecule has 0 spiro atoms. The van der Waals surface area contributed by atoms with E-state index in [-0.39, 0.29) is 22.7 Å². The second kappa shape index (κ2) is 30.9. The summed E-state index contributed by atoms with van der Waals surface area (Å²) >= 11 is 24.1. The van der Waals surface area contributed by atoms with E-state index in [1.54, 1.807) is 59.1 Å². The van der Waals surface area contributed by atoms with E-state index in [1.165, 1.54) is 173 Å². The lowest BCUT2D eigenvalue weighted by Crippen LogP contribution is -2.29. The van der Waals surface area contributed by atoms with Crippen molar-refractivity contribution in [3.63, 3.8) is 0 Å². The minimum Gasteiger partial charge on any atom is -0.289 e. The lowest BCUT2D eigenvalue weighted by molar-refractivity contribution is 0.103. The Morgan fingerprint density at radius 3 is 0.944 bits per heavy atom. The number of fused-ring (bicyclic) bond motifs is 15. The molecule has 536 valence electrons. The van der Waals surface area contributed by atoms with Crippen LogP contribution in [0.15, 0.2) is 168 Å². The van der Waals surface area contributed by atoms with Crippen LogP contribution in [0.2, 0.25) is 10.0 Å². The maximum atomic E-state index is 14.7. The molecular weight excluding hydrogens is 1480 g/mol. The minimum absolute atomic E-state index is 0.131. The van der Waals surface area contributed by atoms with Crippen LogP contribution in [0.25, 0.3) is 71.0 Å². The average molecular weight is 1560 g/mol. The van der Waals surface area contributed by atoms with Gasteiger partial charge in [-0.1, -0.05) is 225 Å². The smallest absolute Gasteiger partial charge is 0.194 e. The van der Waals surface area contributed by atoms with Crippen LogP contribution >= 0.6 is 91.2 Å². The monoisotopic (exact) mass is 1560 g/mol. The van der Waals surface area contributed by atoms with Gasteiger partial charge in [0.05, 0.1) is 49.1 Å². The summed E-state index contributed by atoms with van der Waals surface area (Å²) in [6.07, 6.45) is 26.6. The van der Waals surface area contributed by atoms with Gasteiger partial charge in [0.15, 0.2) is 11.6 Å². The molecule has 0 saturated carbocycles. The topological polar surface area (TPSA) is 129 Å². The van der Waals surface area contributed by atoms with E-state index in [1.807, 2.05) is 57.5 Å². The molecule has 0 aliphatic heterocycles. The molecule has 0 radical (unpaired) electrons. The zero-order chi connectivity index (χ0) is 74.5. The van der Waals surface area contributed by atoms with Gasteiger partial charge in [-0.15, -0.1) is 68.0 Å². The number of carbonyl (C=O) groups excluding carboxylic acids is 2. The molecule has 0 bridgehead atoms. The summed E-state index contributed by atoms with van der Waals surface area (Å²) in [4.78, 5) is 36.1. The van der Waals surface area contributed by atoms with Crippen LogP contribution in [0.5, 0.6) is 0 Å². The molecule has 4 aliphatic carbocycles. The summed E-state index contributed by atoms with van der Waals surface area (Å²) < 4.78 is 7.03. The van der Waals surface area contributed by atoms with Crippen molar-refractivity contribution in [2.45, 2.75) is 167 Å². The number of nitriles is 4. The molecule has 108 heavy (non-hydrogen) atoms. The largest absolute Gasteiger partial charge is 0.289 e. The highest BCUT2D eigenvalue weighted by molar-refractivity contribution is 7.37. The molecule has 0 saturated heterocycles. The number of halogens is 2. The molecule has 6 heterocycles. The van der Waals surface area contributed by atoms with E-state index in [9.17, 15) is 30.6 Å². The highest BCUT2D eigenvalue weighted by Gasteiger charge is 2.57. The maximum Gasteiger partial charge on any atom is 0.194 e. The summed E-state index contributed by atoms with van der Waals surface area (Å²) in [5.74, 6) is -0.488. The van der Waals surface area contributed by atoms with Gasteiger partial charge in [-0.2, -0.15) is 21.0 Å². The van der Waals surface area contributed by atoms with Crippen molar-refractivity contribution in [2.75, 3.05) is 0 Å². The molecule has 6 aromatic heterocycles. The van der Waals surface area contributed by atoms with Crippen LogP contribution in [-0.2, 0) is 36.5 Å². The van der Waals surface area contributed by atoms with Crippen molar-refractivity contribution in [1.82, 2.24) is 0 Å². The second-order valence-corrected chi connectivity index (χ2v) is 36.4. The summed E-state index contributed by atoms with van der Waals surface area (Å²) in [7, 11) is 0. The Labute approximate surface area is 666 Å². The first-order valence-electron chi connectivity index (χ1n) is 38.2. The number of thiophene rings is 6. The zero-order valence-corrected chi connectivity index (χ0v) is 67.4. The molecule has 0 atom stereocenters. The average Bonchev–Trinajstić information content (AvgIpc) is 1.48. The van der Waals surface area contributed by atoms with E-state index in [0.29, 0.717) is 54.6 Å². The number of hydrogen-bond acceptors (Lipinski definition) is 12. The molecule has 6 nitrogen and oxygen atoms in total. The zero-order valence-electron chi connectivity index (χ0n) is 61.0. The van der Waals surface area contributed by atoms with Crippen LogP contribution in [0.1, 0.15) is 239 Å². The number of nitrogens with zero attached hydrogens (tertiary/aromatic N) is 4. The summed E-state index contributed by atoms with van der Waals surface area (Å²) in [6.45, 7) is 9.07. The molecule has 0 unspecified atom stereocenters. The Morgan fingerprint density at radius 2 is 0.648 bits per heavy atom. The van der Waals surface area contributed by atoms with Gasteiger partial charge in [-0.05, 0) is 168 Å². The second-order valence-electron chi connectivity index (χ2n) is 29.2. The predicted molar refractivity (Wildman–Crippen MR) is 456 cm³/mol. The minimum atomic E-state index is -0.831. The van der Waals surface area contributed by atoms with Gasteiger partial charge in [-0.3, -0.25) is 9.59 Å². The van der Waals surface area contributed by atoms with Crippen LogP contribution in [0.4, 0.5) is 0 Å². The van der Waals surface area contributed by atoms with Gasteiger partial charge in [0.1, 0.15) is 35.4 Å². The highest BCUT2D eigenvalue weighted by Crippen LogP contribution is 2.72. The number of hydrogen-bond donors (Lipinski definition) is 0. The Kier molecular flexibility index (Phi) is 21.0. The fourth-order valence-electron chi connectivity index (χ4n) is 17.4. The summed E-state index contributed by atoms with van der Waals surface area (Å²) in [5.41, 5.74) is 16.3. The number of carbonyl (C=O) groups is 2. The molecule has 14 heteroatoms. The Balaban J connectivity index is 0.970. The predicted octanol–water partition coefficient (Wildman–Crippen LogP) is 28.2. The van der Waals surface area contributed by atoms with E-state index >= 15 is 0 Å². The van der Waals surface area contributed by atoms with Crippen molar-refractivity contribution in [2.24, 2.45) is 0 Å². The first-order valence-corrected chi connectivity index (χ1v) is 43.8. The molecule has 6 aromatic carbocycles. The molecule has 0 amide bonds. The van der Waals surface area contributed by atoms with E-state index in [4.69, 9.17) is 23.2 Å². The number of allylic oxidation sites excluding steroid dienone is 6. The molecule has 0 N–H and O–H groups in total. The van der Waals surface area contributed by atoms with E-state index in [0.717, 1.165) is 79.9 Å². The SMILES string of the molecule is CCCCCCc1ccc(C2(c3ccc(CCCCCC)cc3)c3c(sc4cc(/C=C5\C(=O)c6ccc(Cl)cc6C5=C(C#N)C#N)sc34)-c3sc4c5c(sc4c32)-c2sc3cc(/C=C4\C(=O)c6ccc(Cl)cc6C4=C(C#N)C#N)sc3c2C5(c2ccc(CCCCCC)cc2)c2ccc(CCCCCC)cc2)cc1. The van der Waals surface area contributed by atoms with Crippen molar-refractivity contribution in [1.29, 1.82) is 21.0 Å². The van der Waals surface area contributed by atoms with Crippen LogP contribution in [-0.4, -0.2) is 11.6 Å². The van der Waals surface area contributed by atoms with Crippen molar-refractivity contribution >= 4 is 154 Å². The molecule has 4 aliphatic rings. The number of aryl methyl sites for hydroxylation is 4. The lowest BCUT2D eigenvalue weighted by Gasteiger charge is -2.34.